The molecule has 2 aromatic carbocycles. The van der Waals surface area contributed by atoms with Gasteiger partial charge in [0.25, 0.3) is 0 Å². The number of rotatable bonds is 5. The molecule has 0 aliphatic carbocycles. The molecule has 0 N–H and O–H groups in total. The Labute approximate surface area is 136 Å². The van der Waals surface area contributed by atoms with E-state index in [4.69, 9.17) is 0 Å². The van der Waals surface area contributed by atoms with E-state index in [-0.39, 0.29) is 0 Å². The summed E-state index contributed by atoms with van der Waals surface area (Å²) in [5.74, 6) is 0. The molecule has 0 aromatic heterocycles. The van der Waals surface area contributed by atoms with Gasteiger partial charge in [0.05, 0.1) is 10.8 Å². The van der Waals surface area contributed by atoms with E-state index in [1.165, 1.54) is 11.3 Å². The Kier molecular flexibility index (Phi) is 5.41. The molecular weight excluding hydrogens is 290 g/mol. The number of anilines is 1. The van der Waals surface area contributed by atoms with Crippen molar-refractivity contribution in [2.75, 3.05) is 4.90 Å². The Hall–Kier alpha value is -1.61. The quantitative estimate of drug-likeness (QED) is 0.791. The van der Waals surface area contributed by atoms with E-state index in [0.29, 0.717) is 12.1 Å². The van der Waals surface area contributed by atoms with Gasteiger partial charge in [-0.2, -0.15) is 0 Å². The topological polar surface area (TPSA) is 20.3 Å². The summed E-state index contributed by atoms with van der Waals surface area (Å²) < 4.78 is 12.6. The standard InChI is InChI=1S/C19H25NOS/c1-14(2)20(15(3)4)17-8-12-19(13-9-17)22(21)18-10-6-16(5)7-11-18/h6-15H,1-5H3. The summed E-state index contributed by atoms with van der Waals surface area (Å²) in [5, 5.41) is 0. The zero-order valence-electron chi connectivity index (χ0n) is 14.0. The van der Waals surface area contributed by atoms with Gasteiger partial charge in [0.2, 0.25) is 0 Å². The van der Waals surface area contributed by atoms with Gasteiger partial charge in [0, 0.05) is 27.6 Å². The first-order valence-electron chi connectivity index (χ1n) is 7.77. The van der Waals surface area contributed by atoms with E-state index in [1.807, 2.05) is 43.3 Å². The van der Waals surface area contributed by atoms with Crippen LogP contribution in [-0.4, -0.2) is 16.3 Å². The van der Waals surface area contributed by atoms with Gasteiger partial charge in [0.1, 0.15) is 0 Å². The molecule has 0 fully saturated rings. The molecule has 2 nitrogen and oxygen atoms in total. The molecule has 0 saturated heterocycles. The molecule has 0 heterocycles. The predicted molar refractivity (Wildman–Crippen MR) is 95.0 cm³/mol. The molecule has 0 radical (unpaired) electrons. The maximum absolute atomic E-state index is 12.6. The molecule has 1 unspecified atom stereocenters. The first-order valence-corrected chi connectivity index (χ1v) is 8.92. The molecule has 118 valence electrons. The largest absolute Gasteiger partial charge is 0.367 e. The minimum absolute atomic E-state index is 0.438. The smallest absolute Gasteiger partial charge is 0.0849 e. The Morgan fingerprint density at radius 1 is 0.773 bits per heavy atom. The van der Waals surface area contributed by atoms with E-state index >= 15 is 0 Å². The molecule has 0 spiro atoms. The lowest BCUT2D eigenvalue weighted by molar-refractivity contribution is 0.608. The van der Waals surface area contributed by atoms with E-state index in [1.54, 1.807) is 0 Å². The minimum atomic E-state index is -1.12. The van der Waals surface area contributed by atoms with Crippen LogP contribution in [0.25, 0.3) is 0 Å². The Morgan fingerprint density at radius 2 is 1.18 bits per heavy atom. The van der Waals surface area contributed by atoms with Crippen molar-refractivity contribution < 1.29 is 4.21 Å². The normalized spacial score (nSPS) is 12.7. The van der Waals surface area contributed by atoms with Crippen molar-refractivity contribution in [2.45, 2.75) is 56.5 Å². The number of benzene rings is 2. The zero-order chi connectivity index (χ0) is 16.3. The summed E-state index contributed by atoms with van der Waals surface area (Å²) >= 11 is 0. The van der Waals surface area contributed by atoms with Crippen LogP contribution in [0.2, 0.25) is 0 Å². The number of hydrogen-bond donors (Lipinski definition) is 0. The van der Waals surface area contributed by atoms with Crippen LogP contribution in [0.15, 0.2) is 58.3 Å². The predicted octanol–water partition coefficient (Wildman–Crippen LogP) is 4.78. The number of nitrogens with zero attached hydrogens (tertiary/aromatic N) is 1. The summed E-state index contributed by atoms with van der Waals surface area (Å²) in [6, 6.07) is 16.8. The van der Waals surface area contributed by atoms with Crippen molar-refractivity contribution >= 4 is 16.5 Å². The van der Waals surface area contributed by atoms with Crippen molar-refractivity contribution in [1.29, 1.82) is 0 Å². The van der Waals surface area contributed by atoms with Gasteiger partial charge < -0.3 is 4.90 Å². The van der Waals surface area contributed by atoms with E-state index in [2.05, 4.69) is 44.7 Å². The third-order valence-electron chi connectivity index (χ3n) is 3.70. The van der Waals surface area contributed by atoms with Crippen molar-refractivity contribution in [3.8, 4) is 0 Å². The monoisotopic (exact) mass is 315 g/mol. The lowest BCUT2D eigenvalue weighted by Crippen LogP contribution is -2.36. The molecule has 2 aromatic rings. The summed E-state index contributed by atoms with van der Waals surface area (Å²) in [5.41, 5.74) is 2.36. The van der Waals surface area contributed by atoms with E-state index < -0.39 is 10.8 Å². The van der Waals surface area contributed by atoms with Crippen LogP contribution in [0, 0.1) is 6.92 Å². The minimum Gasteiger partial charge on any atom is -0.367 e. The van der Waals surface area contributed by atoms with Gasteiger partial charge in [0.15, 0.2) is 0 Å². The van der Waals surface area contributed by atoms with Crippen molar-refractivity contribution in [2.24, 2.45) is 0 Å². The SMILES string of the molecule is Cc1ccc(S(=O)c2ccc(N(C(C)C)C(C)C)cc2)cc1. The summed E-state index contributed by atoms with van der Waals surface area (Å²) in [6.07, 6.45) is 0. The second-order valence-corrected chi connectivity index (χ2v) is 7.65. The fourth-order valence-electron chi connectivity index (χ4n) is 2.73. The summed E-state index contributed by atoms with van der Waals surface area (Å²) in [6.45, 7) is 10.8. The van der Waals surface area contributed by atoms with Crippen LogP contribution < -0.4 is 4.90 Å². The second-order valence-electron chi connectivity index (χ2n) is 6.17. The third kappa shape index (κ3) is 3.77. The lowest BCUT2D eigenvalue weighted by Gasteiger charge is -2.33. The Morgan fingerprint density at radius 3 is 1.59 bits per heavy atom. The third-order valence-corrected chi connectivity index (χ3v) is 5.10. The molecular formula is C19H25NOS. The van der Waals surface area contributed by atoms with Gasteiger partial charge in [-0.25, -0.2) is 4.21 Å². The van der Waals surface area contributed by atoms with Gasteiger partial charge in [-0.05, 0) is 71.0 Å². The fraction of sp³-hybridized carbons (Fsp3) is 0.368. The average Bonchev–Trinajstić information content (AvgIpc) is 2.47. The van der Waals surface area contributed by atoms with E-state index in [0.717, 1.165) is 9.79 Å². The van der Waals surface area contributed by atoms with Crippen molar-refractivity contribution in [3.05, 3.63) is 54.1 Å². The van der Waals surface area contributed by atoms with Crippen LogP contribution in [0.4, 0.5) is 5.69 Å². The molecule has 2 rings (SSSR count). The van der Waals surface area contributed by atoms with Gasteiger partial charge in [-0.3, -0.25) is 0 Å². The zero-order valence-corrected chi connectivity index (χ0v) is 14.9. The van der Waals surface area contributed by atoms with Crippen molar-refractivity contribution in [3.63, 3.8) is 0 Å². The summed E-state index contributed by atoms with van der Waals surface area (Å²) in [7, 11) is -1.12. The first-order chi connectivity index (χ1) is 10.4. The highest BCUT2D eigenvalue weighted by Gasteiger charge is 2.15. The van der Waals surface area contributed by atoms with E-state index in [9.17, 15) is 4.21 Å². The van der Waals surface area contributed by atoms with Gasteiger partial charge in [-0.1, -0.05) is 17.7 Å². The maximum Gasteiger partial charge on any atom is 0.0849 e. The Bertz CT molecular complexity index is 621. The highest BCUT2D eigenvalue weighted by molar-refractivity contribution is 7.85. The average molecular weight is 315 g/mol. The number of hydrogen-bond acceptors (Lipinski definition) is 2. The van der Waals surface area contributed by atoms with Crippen LogP contribution in [-0.2, 0) is 10.8 Å². The molecule has 0 amide bonds. The lowest BCUT2D eigenvalue weighted by atomic mass is 10.2. The van der Waals surface area contributed by atoms with Crippen LogP contribution in [0.3, 0.4) is 0 Å². The molecule has 0 saturated carbocycles. The van der Waals surface area contributed by atoms with Gasteiger partial charge in [-0.15, -0.1) is 0 Å². The molecule has 0 aliphatic heterocycles. The molecule has 0 aliphatic rings. The Balaban J connectivity index is 2.24. The maximum atomic E-state index is 12.6. The summed E-state index contributed by atoms with van der Waals surface area (Å²) in [4.78, 5) is 4.06. The van der Waals surface area contributed by atoms with Crippen LogP contribution in [0.1, 0.15) is 33.3 Å². The van der Waals surface area contributed by atoms with Crippen LogP contribution in [0.5, 0.6) is 0 Å². The highest BCUT2D eigenvalue weighted by atomic mass is 32.2. The molecule has 0 bridgehead atoms. The van der Waals surface area contributed by atoms with Crippen molar-refractivity contribution in [1.82, 2.24) is 0 Å². The fourth-order valence-corrected chi connectivity index (χ4v) is 3.77. The molecule has 1 atom stereocenters. The van der Waals surface area contributed by atoms with Crippen LogP contribution >= 0.6 is 0 Å². The molecule has 22 heavy (non-hydrogen) atoms. The first kappa shape index (κ1) is 16.8. The highest BCUT2D eigenvalue weighted by Crippen LogP contribution is 2.24. The number of aryl methyl sites for hydroxylation is 1. The van der Waals surface area contributed by atoms with Gasteiger partial charge >= 0.3 is 0 Å². The molecule has 3 heteroatoms. The second kappa shape index (κ2) is 7.10.